The number of carbonyl (C=O) groups is 2. The van der Waals surface area contributed by atoms with Crippen LogP contribution in [0.5, 0.6) is 5.75 Å². The molecule has 8 nitrogen and oxygen atoms in total. The first kappa shape index (κ1) is 19.8. The Hall–Kier alpha value is -3.52. The van der Waals surface area contributed by atoms with Crippen LogP contribution < -0.4 is 9.64 Å². The molecule has 8 heteroatoms. The lowest BCUT2D eigenvalue weighted by molar-refractivity contribution is -0.161. The van der Waals surface area contributed by atoms with E-state index in [2.05, 4.69) is 4.90 Å². The average Bonchev–Trinajstić information content (AvgIpc) is 3.33. The van der Waals surface area contributed by atoms with Gasteiger partial charge in [-0.1, -0.05) is 30.3 Å². The van der Waals surface area contributed by atoms with Gasteiger partial charge in [0.2, 0.25) is 5.76 Å². The lowest BCUT2D eigenvalue weighted by Gasteiger charge is -2.30. The van der Waals surface area contributed by atoms with Crippen molar-refractivity contribution in [3.8, 4) is 5.75 Å². The molecule has 0 aromatic heterocycles. The topological polar surface area (TPSA) is 77.5 Å². The molecule has 156 valence electrons. The maximum atomic E-state index is 12.9. The fourth-order valence-electron chi connectivity index (χ4n) is 3.99. The van der Waals surface area contributed by atoms with E-state index in [4.69, 9.17) is 19.0 Å². The summed E-state index contributed by atoms with van der Waals surface area (Å²) in [5.74, 6) is -0.771. The molecule has 1 atom stereocenters. The summed E-state index contributed by atoms with van der Waals surface area (Å²) in [4.78, 5) is 33.2. The number of ether oxygens (including phenoxy) is 3. The Kier molecular flexibility index (Phi) is 5.09. The number of benzene rings is 2. The fourth-order valence-corrected chi connectivity index (χ4v) is 3.99. The molecule has 2 aliphatic rings. The predicted molar refractivity (Wildman–Crippen MR) is 107 cm³/mol. The maximum absolute atomic E-state index is 12.9. The average molecular weight is 410 g/mol. The smallest absolute Gasteiger partial charge is 0.376 e. The Balaban J connectivity index is 1.84. The molecule has 0 amide bonds. The molecule has 0 saturated carbocycles. The van der Waals surface area contributed by atoms with Crippen LogP contribution in [0.25, 0.3) is 0 Å². The van der Waals surface area contributed by atoms with Gasteiger partial charge in [0.05, 0.1) is 21.3 Å². The van der Waals surface area contributed by atoms with Gasteiger partial charge >= 0.3 is 11.9 Å². The maximum Gasteiger partial charge on any atom is 0.376 e. The predicted octanol–water partition coefficient (Wildman–Crippen LogP) is 2.22. The summed E-state index contributed by atoms with van der Waals surface area (Å²) in [5, 5.41) is 1.63. The van der Waals surface area contributed by atoms with Crippen molar-refractivity contribution in [2.45, 2.75) is 5.54 Å². The number of hydrogen-bond acceptors (Lipinski definition) is 8. The first-order chi connectivity index (χ1) is 14.5. The van der Waals surface area contributed by atoms with E-state index in [0.717, 1.165) is 17.0 Å². The van der Waals surface area contributed by atoms with E-state index < -0.39 is 17.5 Å². The van der Waals surface area contributed by atoms with Crippen LogP contribution in [0.3, 0.4) is 0 Å². The Morgan fingerprint density at radius 2 is 1.60 bits per heavy atom. The molecule has 0 radical (unpaired) electrons. The van der Waals surface area contributed by atoms with Crippen molar-refractivity contribution in [1.29, 1.82) is 0 Å². The number of esters is 2. The number of methoxy groups -OCH3 is 3. The van der Waals surface area contributed by atoms with Crippen LogP contribution in [0, 0.1) is 0 Å². The quantitative estimate of drug-likeness (QED) is 0.695. The number of hydroxylamine groups is 2. The van der Waals surface area contributed by atoms with Gasteiger partial charge in [0.1, 0.15) is 23.5 Å². The summed E-state index contributed by atoms with van der Waals surface area (Å²) in [6, 6.07) is 17.0. The molecule has 2 aromatic carbocycles. The molecule has 1 fully saturated rings. The van der Waals surface area contributed by atoms with Gasteiger partial charge in [0.25, 0.3) is 0 Å². The zero-order valence-corrected chi connectivity index (χ0v) is 17.0. The minimum absolute atomic E-state index is 0.124. The third-order valence-electron chi connectivity index (χ3n) is 5.44. The fraction of sp³-hybridized carbons (Fsp3) is 0.273. The summed E-state index contributed by atoms with van der Waals surface area (Å²) >= 11 is 0. The Morgan fingerprint density at radius 3 is 2.20 bits per heavy atom. The van der Waals surface area contributed by atoms with Gasteiger partial charge in [0.15, 0.2) is 0 Å². The minimum Gasteiger partial charge on any atom is -0.497 e. The number of fused-ring (bicyclic) bond motifs is 1. The molecule has 1 saturated heterocycles. The van der Waals surface area contributed by atoms with Crippen LogP contribution >= 0.6 is 0 Å². The van der Waals surface area contributed by atoms with Crippen LogP contribution in [-0.4, -0.2) is 51.5 Å². The van der Waals surface area contributed by atoms with E-state index in [9.17, 15) is 9.59 Å². The molecule has 2 aromatic rings. The minimum atomic E-state index is -1.03. The van der Waals surface area contributed by atoms with Crippen LogP contribution in [0.15, 0.2) is 65.9 Å². The number of hydrogen-bond donors (Lipinski definition) is 0. The normalized spacial score (nSPS) is 20.6. The molecule has 0 unspecified atom stereocenters. The first-order valence-electron chi connectivity index (χ1n) is 9.36. The van der Waals surface area contributed by atoms with Crippen molar-refractivity contribution < 1.29 is 28.6 Å². The zero-order valence-electron chi connectivity index (χ0n) is 17.0. The highest BCUT2D eigenvalue weighted by molar-refractivity contribution is 6.02. The lowest BCUT2D eigenvalue weighted by Crippen LogP contribution is -2.42. The molecule has 0 spiro atoms. The number of rotatable bonds is 5. The second kappa shape index (κ2) is 7.72. The summed E-state index contributed by atoms with van der Waals surface area (Å²) in [6.45, 7) is 0.691. The van der Waals surface area contributed by atoms with Crippen molar-refractivity contribution >= 4 is 17.6 Å². The molecule has 0 aliphatic carbocycles. The third-order valence-corrected chi connectivity index (χ3v) is 5.44. The Bertz CT molecular complexity index is 988. The van der Waals surface area contributed by atoms with Gasteiger partial charge in [0, 0.05) is 12.2 Å². The third kappa shape index (κ3) is 2.96. The molecule has 2 heterocycles. The Labute approximate surface area is 174 Å². The molecular weight excluding hydrogens is 388 g/mol. The van der Waals surface area contributed by atoms with Crippen LogP contribution in [0.1, 0.15) is 5.56 Å². The molecule has 30 heavy (non-hydrogen) atoms. The number of nitrogens with zero attached hydrogens (tertiary/aromatic N) is 2. The Morgan fingerprint density at radius 1 is 0.933 bits per heavy atom. The van der Waals surface area contributed by atoms with Gasteiger partial charge in [-0.2, -0.15) is 0 Å². The van der Waals surface area contributed by atoms with Crippen molar-refractivity contribution in [2.75, 3.05) is 39.4 Å². The van der Waals surface area contributed by atoms with Crippen LogP contribution in [-0.2, 0) is 29.4 Å². The first-order valence-corrected chi connectivity index (χ1v) is 9.36. The second-order valence-corrected chi connectivity index (χ2v) is 6.92. The van der Waals surface area contributed by atoms with E-state index in [1.54, 1.807) is 12.2 Å². The zero-order chi connectivity index (χ0) is 21.3. The number of carbonyl (C=O) groups excluding carboxylic acids is 2. The molecule has 0 N–H and O–H groups in total. The number of anilines is 1. The van der Waals surface area contributed by atoms with E-state index in [0.29, 0.717) is 13.2 Å². The van der Waals surface area contributed by atoms with E-state index >= 15 is 0 Å². The van der Waals surface area contributed by atoms with E-state index in [1.165, 1.54) is 14.2 Å². The molecule has 0 bridgehead atoms. The van der Waals surface area contributed by atoms with Crippen molar-refractivity contribution in [1.82, 2.24) is 5.06 Å². The summed E-state index contributed by atoms with van der Waals surface area (Å²) < 4.78 is 15.1. The highest BCUT2D eigenvalue weighted by atomic mass is 16.7. The van der Waals surface area contributed by atoms with Crippen molar-refractivity contribution in [2.24, 2.45) is 0 Å². The lowest BCUT2D eigenvalue weighted by atomic mass is 9.82. The summed E-state index contributed by atoms with van der Waals surface area (Å²) in [5.41, 5.74) is 0.824. The largest absolute Gasteiger partial charge is 0.497 e. The van der Waals surface area contributed by atoms with Crippen molar-refractivity contribution in [3.63, 3.8) is 0 Å². The SMILES string of the molecule is COC(=O)C1=C(C(=O)OC)[C@@]2(c3ccccc3)CN(c3ccc(OC)cc3)CN2O1. The monoisotopic (exact) mass is 410 g/mol. The highest BCUT2D eigenvalue weighted by Crippen LogP contribution is 2.49. The highest BCUT2D eigenvalue weighted by Gasteiger charge is 2.60. The van der Waals surface area contributed by atoms with Gasteiger partial charge < -0.3 is 23.9 Å². The van der Waals surface area contributed by atoms with E-state index in [-0.39, 0.29) is 11.3 Å². The molecule has 4 rings (SSSR count). The summed E-state index contributed by atoms with van der Waals surface area (Å²) in [6.07, 6.45) is 0. The van der Waals surface area contributed by atoms with Crippen LogP contribution in [0.2, 0.25) is 0 Å². The van der Waals surface area contributed by atoms with Crippen molar-refractivity contribution in [3.05, 3.63) is 71.5 Å². The van der Waals surface area contributed by atoms with Gasteiger partial charge in [-0.05, 0) is 29.8 Å². The van der Waals surface area contributed by atoms with Gasteiger partial charge in [-0.3, -0.25) is 0 Å². The van der Waals surface area contributed by atoms with E-state index in [1.807, 2.05) is 54.6 Å². The second-order valence-electron chi connectivity index (χ2n) is 6.92. The standard InChI is InChI=1S/C22H22N2O6/c1-27-17-11-9-16(10-12-17)23-13-22(15-7-5-4-6-8-15)18(20(25)28-2)19(21(26)29-3)30-24(22)14-23/h4-12H,13-14H2,1-3H3/t22-/m0/s1. The molecular formula is C22H22N2O6. The summed E-state index contributed by atoms with van der Waals surface area (Å²) in [7, 11) is 4.14. The van der Waals surface area contributed by atoms with Gasteiger partial charge in [-0.15, -0.1) is 5.06 Å². The van der Waals surface area contributed by atoms with Gasteiger partial charge in [-0.25, -0.2) is 9.59 Å². The van der Waals surface area contributed by atoms with Crippen LogP contribution in [0.4, 0.5) is 5.69 Å². The molecule has 2 aliphatic heterocycles.